The van der Waals surface area contributed by atoms with E-state index in [2.05, 4.69) is 0 Å². The Morgan fingerprint density at radius 1 is 1.37 bits per heavy atom. The van der Waals surface area contributed by atoms with E-state index in [4.69, 9.17) is 21.4 Å². The third-order valence-corrected chi connectivity index (χ3v) is 3.96. The Morgan fingerprint density at radius 2 is 2.11 bits per heavy atom. The molecule has 1 N–H and O–H groups in total. The summed E-state index contributed by atoms with van der Waals surface area (Å²) >= 11 is 6.11. The molecule has 2 aliphatic rings. The Kier molecular flexibility index (Phi) is 2.78. The second-order valence-corrected chi connectivity index (χ2v) is 5.64. The second kappa shape index (κ2) is 4.23. The summed E-state index contributed by atoms with van der Waals surface area (Å²) in [6.07, 6.45) is 1.21. The van der Waals surface area contributed by atoms with Gasteiger partial charge in [-0.05, 0) is 25.5 Å². The van der Waals surface area contributed by atoms with Crippen molar-refractivity contribution in [2.75, 3.05) is 0 Å². The molecule has 4 nitrogen and oxygen atoms in total. The second-order valence-electron chi connectivity index (χ2n) is 5.23. The van der Waals surface area contributed by atoms with Gasteiger partial charge in [-0.25, -0.2) is 0 Å². The van der Waals surface area contributed by atoms with E-state index in [1.54, 1.807) is 12.1 Å². The number of carboxylic acids is 1. The Bertz CT molecular complexity index is 581. The molecule has 0 aromatic heterocycles. The topological polar surface area (TPSA) is 63.6 Å². The zero-order valence-corrected chi connectivity index (χ0v) is 11.1. The van der Waals surface area contributed by atoms with E-state index < -0.39 is 17.8 Å². The molecule has 1 aliphatic heterocycles. The van der Waals surface area contributed by atoms with E-state index in [0.29, 0.717) is 22.8 Å². The number of carbonyl (C=O) groups is 2. The van der Waals surface area contributed by atoms with Crippen molar-refractivity contribution in [3.05, 3.63) is 28.3 Å². The zero-order chi connectivity index (χ0) is 13.7. The van der Waals surface area contributed by atoms with Gasteiger partial charge in [0.15, 0.2) is 5.78 Å². The van der Waals surface area contributed by atoms with Crippen LogP contribution in [0.5, 0.6) is 5.75 Å². The number of ketones is 1. The number of benzene rings is 1. The molecule has 0 saturated heterocycles. The first-order chi connectivity index (χ1) is 8.97. The van der Waals surface area contributed by atoms with Crippen LogP contribution in [0.3, 0.4) is 0 Å². The van der Waals surface area contributed by atoms with Crippen LogP contribution in [0.25, 0.3) is 0 Å². The Balaban J connectivity index is 1.87. The van der Waals surface area contributed by atoms with Gasteiger partial charge in [-0.15, -0.1) is 0 Å². The van der Waals surface area contributed by atoms with Gasteiger partial charge in [0.1, 0.15) is 11.9 Å². The monoisotopic (exact) mass is 280 g/mol. The summed E-state index contributed by atoms with van der Waals surface area (Å²) in [6.45, 7) is 1.94. The molecule has 1 saturated carbocycles. The van der Waals surface area contributed by atoms with Crippen molar-refractivity contribution < 1.29 is 19.4 Å². The quantitative estimate of drug-likeness (QED) is 0.864. The van der Waals surface area contributed by atoms with Gasteiger partial charge in [-0.3, -0.25) is 9.59 Å². The minimum atomic E-state index is -0.900. The van der Waals surface area contributed by atoms with Crippen molar-refractivity contribution in [1.82, 2.24) is 0 Å². The van der Waals surface area contributed by atoms with Gasteiger partial charge in [0.05, 0.1) is 10.9 Å². The molecule has 5 heteroatoms. The van der Waals surface area contributed by atoms with E-state index in [9.17, 15) is 9.59 Å². The predicted octanol–water partition coefficient (Wildman–Crippen LogP) is 2.57. The van der Waals surface area contributed by atoms with Crippen LogP contribution >= 0.6 is 11.6 Å². The third-order valence-electron chi connectivity index (χ3n) is 3.68. The molecule has 1 heterocycles. The maximum Gasteiger partial charge on any atom is 0.307 e. The molecule has 3 atom stereocenters. The average Bonchev–Trinajstić information content (AvgIpc) is 3.05. The van der Waals surface area contributed by atoms with E-state index in [1.807, 2.05) is 6.92 Å². The van der Waals surface area contributed by atoms with E-state index in [1.165, 1.54) is 0 Å². The first-order valence-corrected chi connectivity index (χ1v) is 6.61. The smallest absolute Gasteiger partial charge is 0.307 e. The molecular formula is C14H13ClO4. The number of carboxylic acid groups (broad SMARTS) is 1. The lowest BCUT2D eigenvalue weighted by atomic mass is 10.0. The number of Topliss-reactive ketones (excluding diaryl/α,β-unsaturated/α-hetero) is 1. The number of halogens is 1. The van der Waals surface area contributed by atoms with Crippen molar-refractivity contribution in [2.45, 2.75) is 25.9 Å². The fraction of sp³-hybridized carbons (Fsp3) is 0.429. The van der Waals surface area contributed by atoms with E-state index >= 15 is 0 Å². The zero-order valence-electron chi connectivity index (χ0n) is 10.4. The van der Waals surface area contributed by atoms with Gasteiger partial charge in [0.2, 0.25) is 0 Å². The van der Waals surface area contributed by atoms with Crippen LogP contribution in [0, 0.1) is 11.8 Å². The molecule has 0 amide bonds. The van der Waals surface area contributed by atoms with Crippen LogP contribution < -0.4 is 4.74 Å². The van der Waals surface area contributed by atoms with Crippen LogP contribution in [0.15, 0.2) is 12.1 Å². The van der Waals surface area contributed by atoms with Gasteiger partial charge in [-0.2, -0.15) is 0 Å². The lowest BCUT2D eigenvalue weighted by Gasteiger charge is -2.06. The Labute approximate surface area is 115 Å². The van der Waals surface area contributed by atoms with Crippen LogP contribution in [-0.2, 0) is 11.2 Å². The molecule has 0 bridgehead atoms. The minimum absolute atomic E-state index is 0.0607. The summed E-state index contributed by atoms with van der Waals surface area (Å²) in [5.74, 6) is -1.31. The molecule has 100 valence electrons. The molecule has 1 aromatic rings. The number of rotatable bonds is 3. The molecule has 3 rings (SSSR count). The van der Waals surface area contributed by atoms with Gasteiger partial charge in [0, 0.05) is 23.5 Å². The molecule has 0 radical (unpaired) electrons. The van der Waals surface area contributed by atoms with Crippen molar-refractivity contribution in [3.8, 4) is 5.75 Å². The van der Waals surface area contributed by atoms with Gasteiger partial charge < -0.3 is 9.84 Å². The molecular weight excluding hydrogens is 268 g/mol. The van der Waals surface area contributed by atoms with Crippen molar-refractivity contribution in [2.24, 2.45) is 11.8 Å². The number of hydrogen-bond donors (Lipinski definition) is 1. The molecule has 1 fully saturated rings. The summed E-state index contributed by atoms with van der Waals surface area (Å²) in [5.41, 5.74) is 1.42. The summed E-state index contributed by atoms with van der Waals surface area (Å²) in [4.78, 5) is 23.0. The Hall–Kier alpha value is -1.55. The third kappa shape index (κ3) is 2.10. The fourth-order valence-electron chi connectivity index (χ4n) is 2.60. The number of hydrogen-bond acceptors (Lipinski definition) is 3. The SMILES string of the molecule is CC1Cc2cc(C(=O)C3CC3C(=O)O)cc(Cl)c2O1. The summed E-state index contributed by atoms with van der Waals surface area (Å²) in [7, 11) is 0. The van der Waals surface area contributed by atoms with Crippen molar-refractivity contribution in [3.63, 3.8) is 0 Å². The number of carbonyl (C=O) groups excluding carboxylic acids is 1. The highest BCUT2D eigenvalue weighted by Gasteiger charge is 2.48. The molecule has 1 aromatic carbocycles. The number of ether oxygens (including phenoxy) is 1. The Morgan fingerprint density at radius 3 is 2.74 bits per heavy atom. The van der Waals surface area contributed by atoms with Crippen LogP contribution in [0.2, 0.25) is 5.02 Å². The fourth-order valence-corrected chi connectivity index (χ4v) is 2.88. The molecule has 3 unspecified atom stereocenters. The van der Waals surface area contributed by atoms with Crippen LogP contribution in [-0.4, -0.2) is 23.0 Å². The summed E-state index contributed by atoms with van der Waals surface area (Å²) in [6, 6.07) is 3.36. The average molecular weight is 281 g/mol. The van der Waals surface area contributed by atoms with Gasteiger partial charge >= 0.3 is 5.97 Å². The lowest BCUT2D eigenvalue weighted by molar-refractivity contribution is -0.138. The highest BCUT2D eigenvalue weighted by molar-refractivity contribution is 6.32. The van der Waals surface area contributed by atoms with E-state index in [-0.39, 0.29) is 11.9 Å². The first kappa shape index (κ1) is 12.5. The number of aliphatic carboxylic acids is 1. The molecule has 0 spiro atoms. The highest BCUT2D eigenvalue weighted by atomic mass is 35.5. The van der Waals surface area contributed by atoms with E-state index in [0.717, 1.165) is 12.0 Å². The minimum Gasteiger partial charge on any atom is -0.489 e. The molecule has 1 aliphatic carbocycles. The van der Waals surface area contributed by atoms with Gasteiger partial charge in [-0.1, -0.05) is 11.6 Å². The summed E-state index contributed by atoms with van der Waals surface area (Å²) in [5, 5.41) is 9.29. The predicted molar refractivity (Wildman–Crippen MR) is 68.8 cm³/mol. The number of fused-ring (bicyclic) bond motifs is 1. The van der Waals surface area contributed by atoms with Gasteiger partial charge in [0.25, 0.3) is 0 Å². The summed E-state index contributed by atoms with van der Waals surface area (Å²) < 4.78 is 5.57. The lowest BCUT2D eigenvalue weighted by Crippen LogP contribution is -2.08. The van der Waals surface area contributed by atoms with Crippen LogP contribution in [0.1, 0.15) is 29.3 Å². The van der Waals surface area contributed by atoms with Crippen LogP contribution in [0.4, 0.5) is 0 Å². The first-order valence-electron chi connectivity index (χ1n) is 6.23. The normalized spacial score (nSPS) is 27.6. The highest BCUT2D eigenvalue weighted by Crippen LogP contribution is 2.43. The maximum atomic E-state index is 12.2. The maximum absolute atomic E-state index is 12.2. The standard InChI is InChI=1S/C14H13ClO4/c1-6-2-8-3-7(4-11(15)13(8)19-6)12(16)9-5-10(9)14(17)18/h3-4,6,9-10H,2,5H2,1H3,(H,17,18). The molecule has 19 heavy (non-hydrogen) atoms. The van der Waals surface area contributed by atoms with Crippen molar-refractivity contribution >= 4 is 23.4 Å². The van der Waals surface area contributed by atoms with Crippen molar-refractivity contribution in [1.29, 1.82) is 0 Å². The largest absolute Gasteiger partial charge is 0.489 e.